The molecule has 0 atom stereocenters. The Morgan fingerprint density at radius 1 is 1.62 bits per heavy atom. The van der Waals surface area contributed by atoms with Crippen LogP contribution >= 0.6 is 0 Å². The van der Waals surface area contributed by atoms with Crippen LogP contribution in [0.1, 0.15) is 31.9 Å². The lowest BCUT2D eigenvalue weighted by Crippen LogP contribution is -2.02. The number of H-pyrrole nitrogens is 1. The van der Waals surface area contributed by atoms with Gasteiger partial charge in [-0.05, 0) is 6.42 Å². The lowest BCUT2D eigenvalue weighted by atomic mass is 10.2. The van der Waals surface area contributed by atoms with E-state index in [1.165, 1.54) is 19.2 Å². The quantitative estimate of drug-likeness (QED) is 0.676. The molecule has 0 unspecified atom stereocenters. The number of hydrogen-bond donors (Lipinski definition) is 2. The van der Waals surface area contributed by atoms with Gasteiger partial charge in [0.2, 0.25) is 0 Å². The number of unbranched alkanes of at least 4 members (excludes halogenated alkanes) is 2. The van der Waals surface area contributed by atoms with Crippen molar-refractivity contribution < 1.29 is 0 Å². The van der Waals surface area contributed by atoms with Gasteiger partial charge in [-0.2, -0.15) is 5.26 Å². The van der Waals surface area contributed by atoms with E-state index >= 15 is 0 Å². The molecule has 0 amide bonds. The van der Waals surface area contributed by atoms with Crippen molar-refractivity contribution in [3.63, 3.8) is 0 Å². The number of anilines is 1. The van der Waals surface area contributed by atoms with Gasteiger partial charge >= 0.3 is 0 Å². The summed E-state index contributed by atoms with van der Waals surface area (Å²) in [4.78, 5) is 6.76. The second-order valence-corrected chi connectivity index (χ2v) is 2.87. The lowest BCUT2D eigenvalue weighted by molar-refractivity contribution is 0.742. The van der Waals surface area contributed by atoms with Gasteiger partial charge in [-0.3, -0.25) is 0 Å². The highest BCUT2D eigenvalue weighted by atomic mass is 15.0. The Bertz CT molecular complexity index is 284. The molecule has 0 saturated heterocycles. The molecule has 0 spiro atoms. The van der Waals surface area contributed by atoms with E-state index in [0.717, 1.165) is 13.0 Å². The number of nitriles is 1. The Morgan fingerprint density at radius 3 is 3.15 bits per heavy atom. The maximum absolute atomic E-state index is 8.65. The molecule has 0 saturated carbocycles. The van der Waals surface area contributed by atoms with Gasteiger partial charge in [0, 0.05) is 6.54 Å². The average molecular weight is 178 g/mol. The van der Waals surface area contributed by atoms with Gasteiger partial charge in [0.25, 0.3) is 0 Å². The fraction of sp³-hybridized carbons (Fsp3) is 0.556. The number of imidazole rings is 1. The summed E-state index contributed by atoms with van der Waals surface area (Å²) < 4.78 is 0. The summed E-state index contributed by atoms with van der Waals surface area (Å²) in [6.07, 6.45) is 5.06. The van der Waals surface area contributed by atoms with Crippen molar-refractivity contribution in [3.05, 3.63) is 12.0 Å². The number of hydrogen-bond acceptors (Lipinski definition) is 3. The van der Waals surface area contributed by atoms with Crippen LogP contribution in [-0.2, 0) is 0 Å². The van der Waals surface area contributed by atoms with Crippen LogP contribution in [0, 0.1) is 11.3 Å². The average Bonchev–Trinajstić information content (AvgIpc) is 2.60. The zero-order chi connectivity index (χ0) is 9.52. The summed E-state index contributed by atoms with van der Waals surface area (Å²) in [6.45, 7) is 3.04. The standard InChI is InChI=1S/C9H14N4/c1-2-3-4-5-11-9-8(6-10)12-7-13-9/h7,11H,2-5H2,1H3,(H,12,13). The first-order chi connectivity index (χ1) is 6.38. The monoisotopic (exact) mass is 178 g/mol. The summed E-state index contributed by atoms with van der Waals surface area (Å²) in [5.74, 6) is 0.665. The molecule has 0 fully saturated rings. The summed E-state index contributed by atoms with van der Waals surface area (Å²) in [5.41, 5.74) is 0.511. The van der Waals surface area contributed by atoms with E-state index in [-0.39, 0.29) is 0 Å². The second-order valence-electron chi connectivity index (χ2n) is 2.87. The SMILES string of the molecule is CCCCCNc1nc[nH]c1C#N. The van der Waals surface area contributed by atoms with E-state index in [0.29, 0.717) is 11.5 Å². The van der Waals surface area contributed by atoms with Crippen LogP contribution < -0.4 is 5.32 Å². The van der Waals surface area contributed by atoms with Crippen molar-refractivity contribution in [1.82, 2.24) is 9.97 Å². The van der Waals surface area contributed by atoms with Crippen LogP contribution in [0.3, 0.4) is 0 Å². The molecule has 0 radical (unpaired) electrons. The normalized spacial score (nSPS) is 9.54. The summed E-state index contributed by atoms with van der Waals surface area (Å²) in [6, 6.07) is 2.04. The highest BCUT2D eigenvalue weighted by Gasteiger charge is 2.01. The van der Waals surface area contributed by atoms with E-state index in [4.69, 9.17) is 5.26 Å². The van der Waals surface area contributed by atoms with Crippen molar-refractivity contribution in [2.75, 3.05) is 11.9 Å². The summed E-state index contributed by atoms with van der Waals surface area (Å²) in [7, 11) is 0. The molecule has 1 heterocycles. The maximum atomic E-state index is 8.65. The number of nitrogens with zero attached hydrogens (tertiary/aromatic N) is 2. The molecule has 0 bridgehead atoms. The molecule has 1 aromatic rings. The molecule has 13 heavy (non-hydrogen) atoms. The summed E-state index contributed by atoms with van der Waals surface area (Å²) >= 11 is 0. The first-order valence-corrected chi connectivity index (χ1v) is 4.55. The zero-order valence-electron chi connectivity index (χ0n) is 7.80. The van der Waals surface area contributed by atoms with Gasteiger partial charge in [-0.1, -0.05) is 19.8 Å². The van der Waals surface area contributed by atoms with E-state index < -0.39 is 0 Å². The van der Waals surface area contributed by atoms with E-state index in [1.54, 1.807) is 0 Å². The fourth-order valence-corrected chi connectivity index (χ4v) is 1.10. The topological polar surface area (TPSA) is 64.5 Å². The van der Waals surface area contributed by atoms with Crippen LogP contribution in [0.25, 0.3) is 0 Å². The van der Waals surface area contributed by atoms with E-state index in [1.807, 2.05) is 6.07 Å². The predicted molar refractivity (Wildman–Crippen MR) is 51.3 cm³/mol. The molecule has 4 heteroatoms. The largest absolute Gasteiger partial charge is 0.368 e. The van der Waals surface area contributed by atoms with Gasteiger partial charge in [0.05, 0.1) is 6.33 Å². The third-order valence-corrected chi connectivity index (χ3v) is 1.82. The minimum absolute atomic E-state index is 0.511. The zero-order valence-corrected chi connectivity index (χ0v) is 7.80. The number of nitrogens with one attached hydrogen (secondary N) is 2. The smallest absolute Gasteiger partial charge is 0.162 e. The Hall–Kier alpha value is -1.50. The number of aromatic amines is 1. The number of aromatic nitrogens is 2. The molecule has 0 aliphatic heterocycles. The van der Waals surface area contributed by atoms with Crippen LogP contribution in [0.4, 0.5) is 5.82 Å². The molecule has 2 N–H and O–H groups in total. The van der Waals surface area contributed by atoms with Crippen molar-refractivity contribution in [3.8, 4) is 6.07 Å². The molecule has 4 nitrogen and oxygen atoms in total. The third-order valence-electron chi connectivity index (χ3n) is 1.82. The molecule has 1 aromatic heterocycles. The second kappa shape index (κ2) is 5.20. The third kappa shape index (κ3) is 2.79. The molecule has 0 aliphatic carbocycles. The highest BCUT2D eigenvalue weighted by molar-refractivity contribution is 5.47. The van der Waals surface area contributed by atoms with Gasteiger partial charge in [-0.15, -0.1) is 0 Å². The van der Waals surface area contributed by atoms with Crippen LogP contribution in [0.5, 0.6) is 0 Å². The first kappa shape index (κ1) is 9.59. The predicted octanol–water partition coefficient (Wildman–Crippen LogP) is 1.88. The minimum Gasteiger partial charge on any atom is -0.368 e. The van der Waals surface area contributed by atoms with Gasteiger partial charge in [0.1, 0.15) is 6.07 Å². The van der Waals surface area contributed by atoms with Crippen molar-refractivity contribution in [1.29, 1.82) is 5.26 Å². The van der Waals surface area contributed by atoms with E-state index in [2.05, 4.69) is 22.2 Å². The molecule has 1 rings (SSSR count). The Labute approximate surface area is 78.0 Å². The Kier molecular flexibility index (Phi) is 3.83. The fourth-order valence-electron chi connectivity index (χ4n) is 1.10. The molecule has 0 aromatic carbocycles. The van der Waals surface area contributed by atoms with E-state index in [9.17, 15) is 0 Å². The number of rotatable bonds is 5. The van der Waals surface area contributed by atoms with Gasteiger partial charge < -0.3 is 10.3 Å². The molecular weight excluding hydrogens is 164 g/mol. The molecule has 70 valence electrons. The van der Waals surface area contributed by atoms with Crippen LogP contribution in [-0.4, -0.2) is 16.5 Å². The molecule has 0 aliphatic rings. The molecular formula is C9H14N4. The lowest BCUT2D eigenvalue weighted by Gasteiger charge is -2.01. The van der Waals surface area contributed by atoms with Crippen molar-refractivity contribution in [2.24, 2.45) is 0 Å². The van der Waals surface area contributed by atoms with Gasteiger partial charge in [0.15, 0.2) is 11.5 Å². The maximum Gasteiger partial charge on any atom is 0.162 e. The first-order valence-electron chi connectivity index (χ1n) is 4.55. The Balaban J connectivity index is 2.33. The Morgan fingerprint density at radius 2 is 2.46 bits per heavy atom. The summed E-state index contributed by atoms with van der Waals surface area (Å²) in [5, 5.41) is 11.8. The van der Waals surface area contributed by atoms with Crippen molar-refractivity contribution in [2.45, 2.75) is 26.2 Å². The highest BCUT2D eigenvalue weighted by Crippen LogP contribution is 2.07. The van der Waals surface area contributed by atoms with Crippen molar-refractivity contribution >= 4 is 5.82 Å². The van der Waals surface area contributed by atoms with Crippen LogP contribution in [0.15, 0.2) is 6.33 Å². The van der Waals surface area contributed by atoms with Gasteiger partial charge in [-0.25, -0.2) is 4.98 Å². The van der Waals surface area contributed by atoms with Crippen LogP contribution in [0.2, 0.25) is 0 Å². The minimum atomic E-state index is 0.511.